The molecule has 0 radical (unpaired) electrons. The van der Waals surface area contributed by atoms with Crippen molar-refractivity contribution >= 4 is 17.3 Å². The maximum Gasteiger partial charge on any atom is 0.337 e. The van der Waals surface area contributed by atoms with Crippen LogP contribution in [0, 0.1) is 5.92 Å². The molecule has 0 spiro atoms. The van der Waals surface area contributed by atoms with Crippen LogP contribution in [0.4, 0.5) is 11.4 Å². The van der Waals surface area contributed by atoms with E-state index in [1.54, 1.807) is 18.2 Å². The standard InChI is InChI=1S/C15H24N2O2/c1-4-11(5-2)10-17(6-3)14-9-12(16)7-8-13(14)15(18)19/h7-9,11H,4-6,10,16H2,1-3H3,(H,18,19). The van der Waals surface area contributed by atoms with Crippen molar-refractivity contribution in [1.82, 2.24) is 0 Å². The van der Waals surface area contributed by atoms with Gasteiger partial charge in [0.2, 0.25) is 0 Å². The van der Waals surface area contributed by atoms with E-state index in [0.717, 1.165) is 31.6 Å². The van der Waals surface area contributed by atoms with E-state index < -0.39 is 5.97 Å². The molecule has 19 heavy (non-hydrogen) atoms. The summed E-state index contributed by atoms with van der Waals surface area (Å²) in [5.41, 5.74) is 7.44. The van der Waals surface area contributed by atoms with Gasteiger partial charge in [-0.2, -0.15) is 0 Å². The monoisotopic (exact) mass is 264 g/mol. The van der Waals surface area contributed by atoms with Crippen LogP contribution in [-0.2, 0) is 0 Å². The lowest BCUT2D eigenvalue weighted by atomic mass is 10.0. The SMILES string of the molecule is CCC(CC)CN(CC)c1cc(N)ccc1C(=O)O. The minimum atomic E-state index is -0.905. The number of anilines is 2. The third-order valence-electron chi connectivity index (χ3n) is 3.61. The maximum atomic E-state index is 11.3. The lowest BCUT2D eigenvalue weighted by Crippen LogP contribution is -2.30. The van der Waals surface area contributed by atoms with E-state index >= 15 is 0 Å². The Morgan fingerprint density at radius 2 is 1.95 bits per heavy atom. The first-order chi connectivity index (χ1) is 9.03. The van der Waals surface area contributed by atoms with Crippen LogP contribution in [0.5, 0.6) is 0 Å². The van der Waals surface area contributed by atoms with Crippen LogP contribution in [-0.4, -0.2) is 24.2 Å². The first-order valence-electron chi connectivity index (χ1n) is 6.91. The van der Waals surface area contributed by atoms with Crippen molar-refractivity contribution in [1.29, 1.82) is 0 Å². The van der Waals surface area contributed by atoms with Crippen LogP contribution < -0.4 is 10.6 Å². The summed E-state index contributed by atoms with van der Waals surface area (Å²) in [6.45, 7) is 8.02. The molecule has 0 fully saturated rings. The molecule has 0 saturated heterocycles. The van der Waals surface area contributed by atoms with Crippen molar-refractivity contribution in [2.75, 3.05) is 23.7 Å². The highest BCUT2D eigenvalue weighted by Gasteiger charge is 2.17. The zero-order chi connectivity index (χ0) is 14.4. The lowest BCUT2D eigenvalue weighted by molar-refractivity contribution is 0.0697. The Morgan fingerprint density at radius 1 is 1.32 bits per heavy atom. The van der Waals surface area contributed by atoms with Gasteiger partial charge in [0, 0.05) is 18.8 Å². The molecule has 1 aromatic rings. The first kappa shape index (κ1) is 15.3. The van der Waals surface area contributed by atoms with Gasteiger partial charge in [0.05, 0.1) is 11.3 Å². The Labute approximate surface area is 115 Å². The number of hydrogen-bond acceptors (Lipinski definition) is 3. The highest BCUT2D eigenvalue weighted by Crippen LogP contribution is 2.25. The van der Waals surface area contributed by atoms with Crippen molar-refractivity contribution < 1.29 is 9.90 Å². The summed E-state index contributed by atoms with van der Waals surface area (Å²) >= 11 is 0. The molecule has 0 aliphatic heterocycles. The van der Waals surface area contributed by atoms with Crippen LogP contribution in [0.1, 0.15) is 44.0 Å². The Kier molecular flexibility index (Phi) is 5.67. The molecule has 4 heteroatoms. The fourth-order valence-corrected chi connectivity index (χ4v) is 2.25. The van der Waals surface area contributed by atoms with Crippen molar-refractivity contribution in [3.05, 3.63) is 23.8 Å². The lowest BCUT2D eigenvalue weighted by Gasteiger charge is -2.28. The highest BCUT2D eigenvalue weighted by atomic mass is 16.4. The molecule has 0 heterocycles. The Morgan fingerprint density at radius 3 is 2.42 bits per heavy atom. The van der Waals surface area contributed by atoms with Gasteiger partial charge < -0.3 is 15.7 Å². The van der Waals surface area contributed by atoms with Crippen molar-refractivity contribution in [3.8, 4) is 0 Å². The Hall–Kier alpha value is -1.71. The molecule has 4 nitrogen and oxygen atoms in total. The summed E-state index contributed by atoms with van der Waals surface area (Å²) in [5, 5.41) is 9.28. The largest absolute Gasteiger partial charge is 0.478 e. The first-order valence-corrected chi connectivity index (χ1v) is 6.91. The van der Waals surface area contributed by atoms with Gasteiger partial charge in [-0.3, -0.25) is 0 Å². The van der Waals surface area contributed by atoms with Crippen molar-refractivity contribution in [3.63, 3.8) is 0 Å². The van der Waals surface area contributed by atoms with Crippen LogP contribution >= 0.6 is 0 Å². The molecular formula is C15H24N2O2. The molecule has 0 aliphatic carbocycles. The number of nitrogens with zero attached hydrogens (tertiary/aromatic N) is 1. The van der Waals surface area contributed by atoms with Gasteiger partial charge in [0.1, 0.15) is 0 Å². The number of carboxylic acids is 1. The Bertz CT molecular complexity index is 428. The summed E-state index contributed by atoms with van der Waals surface area (Å²) in [6, 6.07) is 4.98. The summed E-state index contributed by atoms with van der Waals surface area (Å²) in [4.78, 5) is 13.4. The molecule has 0 amide bonds. The van der Waals surface area contributed by atoms with E-state index in [2.05, 4.69) is 18.7 Å². The Balaban J connectivity index is 3.09. The van der Waals surface area contributed by atoms with Gasteiger partial charge in [-0.25, -0.2) is 4.79 Å². The number of rotatable bonds is 7. The van der Waals surface area contributed by atoms with Crippen molar-refractivity contribution in [2.24, 2.45) is 5.92 Å². The van der Waals surface area contributed by atoms with Gasteiger partial charge in [-0.15, -0.1) is 0 Å². The second-order valence-corrected chi connectivity index (χ2v) is 4.80. The molecule has 0 unspecified atom stereocenters. The van der Waals surface area contributed by atoms with Gasteiger partial charge in [-0.1, -0.05) is 26.7 Å². The fraction of sp³-hybridized carbons (Fsp3) is 0.533. The smallest absolute Gasteiger partial charge is 0.337 e. The average molecular weight is 264 g/mol. The van der Waals surface area contributed by atoms with Crippen LogP contribution in [0.15, 0.2) is 18.2 Å². The molecule has 1 rings (SSSR count). The van der Waals surface area contributed by atoms with Crippen LogP contribution in [0.25, 0.3) is 0 Å². The maximum absolute atomic E-state index is 11.3. The fourth-order valence-electron chi connectivity index (χ4n) is 2.25. The second kappa shape index (κ2) is 7.02. The summed E-state index contributed by atoms with van der Waals surface area (Å²) in [6.07, 6.45) is 2.19. The quantitative estimate of drug-likeness (QED) is 0.742. The van der Waals surface area contributed by atoms with Gasteiger partial charge in [-0.05, 0) is 31.0 Å². The molecule has 106 valence electrons. The van der Waals surface area contributed by atoms with Gasteiger partial charge >= 0.3 is 5.97 Å². The zero-order valence-electron chi connectivity index (χ0n) is 12.0. The number of aromatic carboxylic acids is 1. The van der Waals surface area contributed by atoms with E-state index in [0.29, 0.717) is 17.2 Å². The molecule has 0 bridgehead atoms. The normalized spacial score (nSPS) is 10.7. The molecule has 0 aliphatic rings. The van der Waals surface area contributed by atoms with E-state index in [4.69, 9.17) is 5.73 Å². The molecule has 0 aromatic heterocycles. The molecule has 3 N–H and O–H groups in total. The second-order valence-electron chi connectivity index (χ2n) is 4.80. The molecular weight excluding hydrogens is 240 g/mol. The summed E-state index contributed by atoms with van der Waals surface area (Å²) in [7, 11) is 0. The topological polar surface area (TPSA) is 66.6 Å². The predicted molar refractivity (Wildman–Crippen MR) is 79.8 cm³/mol. The molecule has 0 saturated carbocycles. The van der Waals surface area contributed by atoms with Crippen molar-refractivity contribution in [2.45, 2.75) is 33.6 Å². The third kappa shape index (κ3) is 3.88. The molecule has 0 atom stereocenters. The van der Waals surface area contributed by atoms with E-state index in [1.807, 2.05) is 6.92 Å². The minimum absolute atomic E-state index is 0.321. The number of benzene rings is 1. The minimum Gasteiger partial charge on any atom is -0.478 e. The predicted octanol–water partition coefficient (Wildman–Crippen LogP) is 3.23. The third-order valence-corrected chi connectivity index (χ3v) is 3.61. The molecule has 1 aromatic carbocycles. The van der Waals surface area contributed by atoms with E-state index in [1.165, 1.54) is 0 Å². The van der Waals surface area contributed by atoms with E-state index in [9.17, 15) is 9.90 Å². The van der Waals surface area contributed by atoms with Crippen LogP contribution in [0.3, 0.4) is 0 Å². The number of hydrogen-bond donors (Lipinski definition) is 2. The summed E-state index contributed by atoms with van der Waals surface area (Å²) in [5.74, 6) is -0.332. The zero-order valence-corrected chi connectivity index (χ0v) is 12.0. The number of nitrogen functional groups attached to an aromatic ring is 1. The summed E-state index contributed by atoms with van der Waals surface area (Å²) < 4.78 is 0. The van der Waals surface area contributed by atoms with Gasteiger partial charge in [0.15, 0.2) is 0 Å². The van der Waals surface area contributed by atoms with Gasteiger partial charge in [0.25, 0.3) is 0 Å². The van der Waals surface area contributed by atoms with Crippen LogP contribution in [0.2, 0.25) is 0 Å². The number of carboxylic acid groups (broad SMARTS) is 1. The average Bonchev–Trinajstić information content (AvgIpc) is 2.40. The number of nitrogens with two attached hydrogens (primary N) is 1. The highest BCUT2D eigenvalue weighted by molar-refractivity contribution is 5.95. The van der Waals surface area contributed by atoms with E-state index in [-0.39, 0.29) is 0 Å². The number of carbonyl (C=O) groups is 1.